The van der Waals surface area contributed by atoms with Crippen LogP contribution in [0.15, 0.2) is 27.6 Å². The fraction of sp³-hybridized carbons (Fsp3) is 0.600. The van der Waals surface area contributed by atoms with E-state index in [1.54, 1.807) is 0 Å². The molecule has 0 heterocycles. The van der Waals surface area contributed by atoms with Gasteiger partial charge in [0, 0.05) is 15.4 Å². The third-order valence-corrected chi connectivity index (χ3v) is 4.62. The summed E-state index contributed by atoms with van der Waals surface area (Å²) >= 11 is 5.56. The molecule has 0 aliphatic rings. The molecule has 0 aliphatic carbocycles. The molecule has 1 nitrogen and oxygen atoms in total. The lowest BCUT2D eigenvalue weighted by molar-refractivity contribution is 0.589. The molecule has 18 heavy (non-hydrogen) atoms. The Morgan fingerprint density at radius 2 is 2.06 bits per heavy atom. The Balaban J connectivity index is 2.70. The third kappa shape index (κ3) is 5.33. The predicted molar refractivity (Wildman–Crippen MR) is 86.5 cm³/mol. The molecule has 0 radical (unpaired) electrons. The number of hydrogen-bond acceptors (Lipinski definition) is 2. The maximum atomic E-state index is 3.57. The van der Waals surface area contributed by atoms with Crippen molar-refractivity contribution in [3.8, 4) is 0 Å². The molecule has 1 N–H and O–H groups in total. The molecule has 102 valence electrons. The minimum absolute atomic E-state index is 0.418. The van der Waals surface area contributed by atoms with E-state index in [9.17, 15) is 0 Å². The van der Waals surface area contributed by atoms with E-state index in [2.05, 4.69) is 60.2 Å². The van der Waals surface area contributed by atoms with Crippen LogP contribution in [0.4, 0.5) is 0 Å². The summed E-state index contributed by atoms with van der Waals surface area (Å²) in [6.45, 7) is 7.65. The molecule has 0 aliphatic heterocycles. The first-order valence-electron chi connectivity index (χ1n) is 6.84. The van der Waals surface area contributed by atoms with E-state index >= 15 is 0 Å². The molecule has 0 saturated heterocycles. The molecular weight excluding hydrogens is 306 g/mol. The van der Waals surface area contributed by atoms with Crippen molar-refractivity contribution in [1.29, 1.82) is 0 Å². The summed E-state index contributed by atoms with van der Waals surface area (Å²) in [6.07, 6.45) is 3.94. The number of hydrogen-bond donors (Lipinski definition) is 1. The van der Waals surface area contributed by atoms with E-state index < -0.39 is 0 Å². The van der Waals surface area contributed by atoms with Gasteiger partial charge in [-0.1, -0.05) is 42.6 Å². The van der Waals surface area contributed by atoms with Gasteiger partial charge in [0.25, 0.3) is 0 Å². The fourth-order valence-electron chi connectivity index (χ4n) is 1.94. The number of unbranched alkanes of at least 4 members (excludes halogenated alkanes) is 2. The Morgan fingerprint density at radius 1 is 1.28 bits per heavy atom. The molecule has 0 aromatic heterocycles. The molecule has 0 saturated carbocycles. The monoisotopic (exact) mass is 329 g/mol. The number of nitrogens with one attached hydrogen (secondary N) is 1. The first kappa shape index (κ1) is 16.1. The molecule has 1 aromatic rings. The molecule has 1 rings (SSSR count). The minimum Gasteiger partial charge on any atom is -0.310 e. The second-order valence-electron chi connectivity index (χ2n) is 4.52. The van der Waals surface area contributed by atoms with Crippen molar-refractivity contribution in [1.82, 2.24) is 5.32 Å². The summed E-state index contributed by atoms with van der Waals surface area (Å²) in [6, 6.07) is 7.05. The highest BCUT2D eigenvalue weighted by Gasteiger charge is 2.10. The van der Waals surface area contributed by atoms with Crippen LogP contribution in [0.25, 0.3) is 0 Å². The van der Waals surface area contributed by atoms with Crippen LogP contribution in [0, 0.1) is 0 Å². The first-order valence-corrected chi connectivity index (χ1v) is 8.62. The largest absolute Gasteiger partial charge is 0.310 e. The number of thioether (sulfide) groups is 1. The standard InChI is InChI=1S/C15H24BrNS/c1-4-6-7-10-18-15-9-8-13(16)11-14(15)12(3)17-5-2/h8-9,11-12,17H,4-7,10H2,1-3H3. The van der Waals surface area contributed by atoms with Gasteiger partial charge in [0.2, 0.25) is 0 Å². The zero-order valence-corrected chi connectivity index (χ0v) is 14.0. The average Bonchev–Trinajstić information content (AvgIpc) is 2.36. The van der Waals surface area contributed by atoms with Gasteiger partial charge in [0.05, 0.1) is 0 Å². The van der Waals surface area contributed by atoms with Gasteiger partial charge in [-0.25, -0.2) is 0 Å². The highest BCUT2D eigenvalue weighted by molar-refractivity contribution is 9.10. The quantitative estimate of drug-likeness (QED) is 0.506. The van der Waals surface area contributed by atoms with Gasteiger partial charge in [-0.05, 0) is 49.4 Å². The molecule has 0 bridgehead atoms. The summed E-state index contributed by atoms with van der Waals surface area (Å²) in [5.74, 6) is 1.22. The van der Waals surface area contributed by atoms with E-state index in [0.717, 1.165) is 6.54 Å². The van der Waals surface area contributed by atoms with Crippen LogP contribution in [0.1, 0.15) is 51.6 Å². The predicted octanol–water partition coefficient (Wildman–Crippen LogP) is 5.40. The van der Waals surface area contributed by atoms with Gasteiger partial charge >= 0.3 is 0 Å². The van der Waals surface area contributed by atoms with E-state index in [1.807, 2.05) is 11.8 Å². The van der Waals surface area contributed by atoms with Gasteiger partial charge < -0.3 is 5.32 Å². The van der Waals surface area contributed by atoms with Crippen LogP contribution in [-0.2, 0) is 0 Å². The minimum atomic E-state index is 0.418. The van der Waals surface area contributed by atoms with Crippen LogP contribution in [0.2, 0.25) is 0 Å². The van der Waals surface area contributed by atoms with E-state index in [4.69, 9.17) is 0 Å². The SMILES string of the molecule is CCCCCSc1ccc(Br)cc1C(C)NCC. The van der Waals surface area contributed by atoms with Gasteiger partial charge in [0.1, 0.15) is 0 Å². The highest BCUT2D eigenvalue weighted by atomic mass is 79.9. The van der Waals surface area contributed by atoms with Crippen molar-refractivity contribution in [2.75, 3.05) is 12.3 Å². The Labute approximate surface area is 124 Å². The highest BCUT2D eigenvalue weighted by Crippen LogP contribution is 2.30. The van der Waals surface area contributed by atoms with Crippen LogP contribution in [-0.4, -0.2) is 12.3 Å². The molecule has 1 atom stereocenters. The van der Waals surface area contributed by atoms with Gasteiger partial charge in [0.15, 0.2) is 0 Å². The Kier molecular flexibility index (Phi) is 8.03. The van der Waals surface area contributed by atoms with Crippen molar-refractivity contribution in [3.63, 3.8) is 0 Å². The molecule has 3 heteroatoms. The summed E-state index contributed by atoms with van der Waals surface area (Å²) in [5.41, 5.74) is 1.41. The molecular formula is C15H24BrNS. The zero-order chi connectivity index (χ0) is 13.4. The maximum Gasteiger partial charge on any atom is 0.0303 e. The number of halogens is 1. The number of rotatable bonds is 8. The topological polar surface area (TPSA) is 12.0 Å². The normalized spacial score (nSPS) is 12.7. The van der Waals surface area contributed by atoms with Crippen molar-refractivity contribution >= 4 is 27.7 Å². The lowest BCUT2D eigenvalue weighted by Crippen LogP contribution is -2.18. The van der Waals surface area contributed by atoms with Crippen molar-refractivity contribution < 1.29 is 0 Å². The summed E-state index contributed by atoms with van der Waals surface area (Å²) in [5, 5.41) is 3.50. The van der Waals surface area contributed by atoms with Crippen LogP contribution in [0.3, 0.4) is 0 Å². The van der Waals surface area contributed by atoms with Crippen LogP contribution < -0.4 is 5.32 Å². The van der Waals surface area contributed by atoms with E-state index in [-0.39, 0.29) is 0 Å². The van der Waals surface area contributed by atoms with E-state index in [1.165, 1.54) is 39.9 Å². The van der Waals surface area contributed by atoms with Crippen LogP contribution >= 0.6 is 27.7 Å². The zero-order valence-electron chi connectivity index (χ0n) is 11.6. The Morgan fingerprint density at radius 3 is 2.72 bits per heavy atom. The fourth-order valence-corrected chi connectivity index (χ4v) is 3.45. The van der Waals surface area contributed by atoms with E-state index in [0.29, 0.717) is 6.04 Å². The maximum absolute atomic E-state index is 3.57. The van der Waals surface area contributed by atoms with Crippen molar-refractivity contribution in [2.45, 2.75) is 51.0 Å². The first-order chi connectivity index (χ1) is 8.69. The molecule has 1 unspecified atom stereocenters. The smallest absolute Gasteiger partial charge is 0.0303 e. The molecule has 0 amide bonds. The van der Waals surface area contributed by atoms with Crippen molar-refractivity contribution in [3.05, 3.63) is 28.2 Å². The Bertz CT molecular complexity index is 354. The summed E-state index contributed by atoms with van der Waals surface area (Å²) < 4.78 is 1.17. The second kappa shape index (κ2) is 9.00. The Hall–Kier alpha value is 0.01000. The molecule has 1 aromatic carbocycles. The van der Waals surface area contributed by atoms with Gasteiger partial charge in [-0.3, -0.25) is 0 Å². The third-order valence-electron chi connectivity index (χ3n) is 2.95. The summed E-state index contributed by atoms with van der Waals surface area (Å²) in [7, 11) is 0. The average molecular weight is 330 g/mol. The number of benzene rings is 1. The van der Waals surface area contributed by atoms with Gasteiger partial charge in [-0.15, -0.1) is 11.8 Å². The molecule has 0 fully saturated rings. The lowest BCUT2D eigenvalue weighted by atomic mass is 10.1. The van der Waals surface area contributed by atoms with Crippen molar-refractivity contribution in [2.24, 2.45) is 0 Å². The second-order valence-corrected chi connectivity index (χ2v) is 6.57. The van der Waals surface area contributed by atoms with Gasteiger partial charge in [-0.2, -0.15) is 0 Å². The summed E-state index contributed by atoms with van der Waals surface area (Å²) in [4.78, 5) is 1.42. The lowest BCUT2D eigenvalue weighted by Gasteiger charge is -2.17. The van der Waals surface area contributed by atoms with Crippen LogP contribution in [0.5, 0.6) is 0 Å². The molecule has 0 spiro atoms.